The van der Waals surface area contributed by atoms with Gasteiger partial charge in [-0.1, -0.05) is 25.1 Å². The number of nitrogens with zero attached hydrogens (tertiary/aromatic N) is 1. The summed E-state index contributed by atoms with van der Waals surface area (Å²) in [6.45, 7) is 5.51. The van der Waals surface area contributed by atoms with Crippen LogP contribution in [0.5, 0.6) is 5.75 Å². The van der Waals surface area contributed by atoms with Crippen molar-refractivity contribution in [2.45, 2.75) is 33.2 Å². The number of sulfonamides is 1. The van der Waals surface area contributed by atoms with Crippen LogP contribution in [0, 0.1) is 13.8 Å². The van der Waals surface area contributed by atoms with Crippen molar-refractivity contribution in [2.24, 2.45) is 0 Å². The second-order valence-corrected chi connectivity index (χ2v) is 8.35. The van der Waals surface area contributed by atoms with Gasteiger partial charge < -0.3 is 10.1 Å². The molecule has 0 bridgehead atoms. The third kappa shape index (κ3) is 5.01. The van der Waals surface area contributed by atoms with E-state index >= 15 is 0 Å². The standard InChI is InChI=1S/C20H26N2O4S/c1-6-18(20(23)21-16-8-7-9-17(13-16)26-4)22(27(5,24)25)19-12-14(2)10-11-15(19)3/h7-13,18H,6H2,1-5H3,(H,21,23). The van der Waals surface area contributed by atoms with E-state index in [1.54, 1.807) is 44.4 Å². The molecule has 0 aromatic heterocycles. The number of carbonyl (C=O) groups excluding carboxylic acids is 1. The lowest BCUT2D eigenvalue weighted by Gasteiger charge is -2.31. The summed E-state index contributed by atoms with van der Waals surface area (Å²) < 4.78 is 31.5. The lowest BCUT2D eigenvalue weighted by molar-refractivity contribution is -0.117. The van der Waals surface area contributed by atoms with Crippen LogP contribution in [0.1, 0.15) is 24.5 Å². The molecular weight excluding hydrogens is 364 g/mol. The van der Waals surface area contributed by atoms with E-state index < -0.39 is 22.0 Å². The van der Waals surface area contributed by atoms with E-state index in [4.69, 9.17) is 4.74 Å². The fourth-order valence-electron chi connectivity index (χ4n) is 2.92. The highest BCUT2D eigenvalue weighted by molar-refractivity contribution is 7.92. The molecule has 146 valence electrons. The molecule has 2 aromatic rings. The molecule has 1 N–H and O–H groups in total. The number of anilines is 2. The molecule has 1 unspecified atom stereocenters. The highest BCUT2D eigenvalue weighted by Crippen LogP contribution is 2.28. The molecule has 1 atom stereocenters. The maximum atomic E-state index is 12.9. The number of methoxy groups -OCH3 is 1. The number of rotatable bonds is 7. The normalized spacial score (nSPS) is 12.3. The summed E-state index contributed by atoms with van der Waals surface area (Å²) >= 11 is 0. The van der Waals surface area contributed by atoms with Gasteiger partial charge in [-0.2, -0.15) is 0 Å². The molecule has 2 rings (SSSR count). The van der Waals surface area contributed by atoms with Crippen LogP contribution in [0.3, 0.4) is 0 Å². The van der Waals surface area contributed by atoms with E-state index in [2.05, 4.69) is 5.32 Å². The highest BCUT2D eigenvalue weighted by atomic mass is 32.2. The van der Waals surface area contributed by atoms with Crippen molar-refractivity contribution in [1.82, 2.24) is 0 Å². The van der Waals surface area contributed by atoms with E-state index in [1.807, 2.05) is 26.0 Å². The molecule has 2 aromatic carbocycles. The third-order valence-electron chi connectivity index (χ3n) is 4.27. The molecule has 0 aliphatic carbocycles. The summed E-state index contributed by atoms with van der Waals surface area (Å²) in [6, 6.07) is 11.6. The predicted octanol–water partition coefficient (Wildman–Crippen LogP) is 3.50. The monoisotopic (exact) mass is 390 g/mol. The molecule has 1 amide bonds. The molecule has 0 radical (unpaired) electrons. The SMILES string of the molecule is CCC(C(=O)Nc1cccc(OC)c1)N(c1cc(C)ccc1C)S(C)(=O)=O. The minimum absolute atomic E-state index is 0.330. The number of nitrogens with one attached hydrogen (secondary N) is 1. The predicted molar refractivity (Wildman–Crippen MR) is 109 cm³/mol. The average molecular weight is 391 g/mol. The largest absolute Gasteiger partial charge is 0.497 e. The lowest BCUT2D eigenvalue weighted by Crippen LogP contribution is -2.47. The Hall–Kier alpha value is -2.54. The Morgan fingerprint density at radius 1 is 1.19 bits per heavy atom. The van der Waals surface area contributed by atoms with Crippen molar-refractivity contribution in [1.29, 1.82) is 0 Å². The summed E-state index contributed by atoms with van der Waals surface area (Å²) in [5.74, 6) is 0.215. The minimum atomic E-state index is -3.67. The Bertz CT molecular complexity index is 925. The third-order valence-corrected chi connectivity index (χ3v) is 5.43. The lowest BCUT2D eigenvalue weighted by atomic mass is 10.1. The topological polar surface area (TPSA) is 75.7 Å². The van der Waals surface area contributed by atoms with Crippen LogP contribution in [0.2, 0.25) is 0 Å². The van der Waals surface area contributed by atoms with Crippen LogP contribution in [0.15, 0.2) is 42.5 Å². The first-order chi connectivity index (χ1) is 12.7. The van der Waals surface area contributed by atoms with E-state index in [1.165, 1.54) is 4.31 Å². The van der Waals surface area contributed by atoms with Crippen molar-refractivity contribution in [2.75, 3.05) is 23.0 Å². The zero-order valence-electron chi connectivity index (χ0n) is 16.3. The number of benzene rings is 2. The zero-order chi connectivity index (χ0) is 20.2. The Kier molecular flexibility index (Phi) is 6.49. The van der Waals surface area contributed by atoms with Crippen LogP contribution in [0.25, 0.3) is 0 Å². The van der Waals surface area contributed by atoms with Gasteiger partial charge in [0.2, 0.25) is 15.9 Å². The molecule has 0 fully saturated rings. The summed E-state index contributed by atoms with van der Waals surface area (Å²) in [5, 5.41) is 2.80. The van der Waals surface area contributed by atoms with Crippen molar-refractivity contribution in [3.63, 3.8) is 0 Å². The van der Waals surface area contributed by atoms with Crippen LogP contribution in [0.4, 0.5) is 11.4 Å². The number of carbonyl (C=O) groups is 1. The molecule has 0 aliphatic heterocycles. The number of ether oxygens (including phenoxy) is 1. The molecule has 6 nitrogen and oxygen atoms in total. The summed E-state index contributed by atoms with van der Waals surface area (Å²) in [5.41, 5.74) is 2.78. The van der Waals surface area contributed by atoms with E-state index in [0.29, 0.717) is 23.5 Å². The fourth-order valence-corrected chi connectivity index (χ4v) is 4.18. The number of aryl methyl sites for hydroxylation is 2. The number of hydrogen-bond donors (Lipinski definition) is 1. The van der Waals surface area contributed by atoms with E-state index in [-0.39, 0.29) is 0 Å². The zero-order valence-corrected chi connectivity index (χ0v) is 17.1. The van der Waals surface area contributed by atoms with Crippen LogP contribution >= 0.6 is 0 Å². The first-order valence-corrected chi connectivity index (χ1v) is 10.5. The Balaban J connectivity index is 2.43. The molecule has 27 heavy (non-hydrogen) atoms. The molecule has 0 aliphatic rings. The first kappa shape index (κ1) is 20.8. The molecule has 0 heterocycles. The average Bonchev–Trinajstić information content (AvgIpc) is 2.61. The van der Waals surface area contributed by atoms with E-state index in [9.17, 15) is 13.2 Å². The van der Waals surface area contributed by atoms with Crippen LogP contribution < -0.4 is 14.4 Å². The molecule has 0 saturated carbocycles. The minimum Gasteiger partial charge on any atom is -0.497 e. The number of amides is 1. The van der Waals surface area contributed by atoms with Crippen LogP contribution in [-0.4, -0.2) is 33.7 Å². The van der Waals surface area contributed by atoms with Gasteiger partial charge in [-0.15, -0.1) is 0 Å². The molecular formula is C20H26N2O4S. The van der Waals surface area contributed by atoms with Gasteiger partial charge in [0.15, 0.2) is 0 Å². The van der Waals surface area contributed by atoms with Gasteiger partial charge in [0, 0.05) is 11.8 Å². The van der Waals surface area contributed by atoms with Crippen molar-refractivity contribution >= 4 is 27.3 Å². The Morgan fingerprint density at radius 3 is 2.48 bits per heavy atom. The summed E-state index contributed by atoms with van der Waals surface area (Å²) in [7, 11) is -2.13. The smallest absolute Gasteiger partial charge is 0.248 e. The van der Waals surface area contributed by atoms with Crippen molar-refractivity contribution in [3.8, 4) is 5.75 Å². The van der Waals surface area contributed by atoms with Gasteiger partial charge in [0.1, 0.15) is 11.8 Å². The Labute approximate surface area is 161 Å². The second-order valence-electron chi connectivity index (χ2n) is 6.49. The Morgan fingerprint density at radius 2 is 1.89 bits per heavy atom. The maximum Gasteiger partial charge on any atom is 0.248 e. The van der Waals surface area contributed by atoms with Gasteiger partial charge in [-0.05, 0) is 49.6 Å². The van der Waals surface area contributed by atoms with E-state index in [0.717, 1.165) is 17.4 Å². The van der Waals surface area contributed by atoms with Crippen molar-refractivity contribution in [3.05, 3.63) is 53.6 Å². The summed E-state index contributed by atoms with van der Waals surface area (Å²) in [4.78, 5) is 12.9. The quantitative estimate of drug-likeness (QED) is 0.785. The fraction of sp³-hybridized carbons (Fsp3) is 0.350. The van der Waals surface area contributed by atoms with Crippen LogP contribution in [-0.2, 0) is 14.8 Å². The van der Waals surface area contributed by atoms with Gasteiger partial charge in [0.05, 0.1) is 19.1 Å². The number of hydrogen-bond acceptors (Lipinski definition) is 4. The van der Waals surface area contributed by atoms with Gasteiger partial charge in [-0.3, -0.25) is 9.10 Å². The second kappa shape index (κ2) is 8.43. The molecule has 7 heteroatoms. The van der Waals surface area contributed by atoms with Gasteiger partial charge >= 0.3 is 0 Å². The molecule has 0 saturated heterocycles. The first-order valence-electron chi connectivity index (χ1n) is 8.69. The van der Waals surface area contributed by atoms with Gasteiger partial charge in [-0.25, -0.2) is 8.42 Å². The van der Waals surface area contributed by atoms with Crippen molar-refractivity contribution < 1.29 is 17.9 Å². The van der Waals surface area contributed by atoms with Gasteiger partial charge in [0.25, 0.3) is 0 Å². The summed E-state index contributed by atoms with van der Waals surface area (Å²) in [6.07, 6.45) is 1.45. The molecule has 0 spiro atoms. The maximum absolute atomic E-state index is 12.9. The highest BCUT2D eigenvalue weighted by Gasteiger charge is 2.32.